The van der Waals surface area contributed by atoms with Gasteiger partial charge in [0, 0.05) is 10.6 Å². The summed E-state index contributed by atoms with van der Waals surface area (Å²) in [5.41, 5.74) is 4.53. The molecule has 0 atom stereocenters. The van der Waals surface area contributed by atoms with Crippen molar-refractivity contribution in [2.75, 3.05) is 6.61 Å². The third-order valence-electron chi connectivity index (χ3n) is 3.93. The molecule has 3 rings (SSSR count). The van der Waals surface area contributed by atoms with E-state index in [1.807, 2.05) is 24.3 Å². The van der Waals surface area contributed by atoms with Crippen molar-refractivity contribution in [2.24, 2.45) is 0 Å². The molecule has 0 fully saturated rings. The molecule has 130 valence electrons. The van der Waals surface area contributed by atoms with Gasteiger partial charge in [0.05, 0.1) is 0 Å². The summed E-state index contributed by atoms with van der Waals surface area (Å²) >= 11 is 6.07. The van der Waals surface area contributed by atoms with Crippen LogP contribution in [0, 0.1) is 6.92 Å². The van der Waals surface area contributed by atoms with Crippen LogP contribution in [0.25, 0.3) is 16.7 Å². The van der Waals surface area contributed by atoms with Crippen molar-refractivity contribution in [3.63, 3.8) is 0 Å². The van der Waals surface area contributed by atoms with Crippen molar-refractivity contribution in [3.05, 3.63) is 59.1 Å². The minimum atomic E-state index is -0.0762. The molecule has 0 aliphatic rings. The van der Waals surface area contributed by atoms with Gasteiger partial charge in [-0.25, -0.2) is 0 Å². The zero-order valence-corrected chi connectivity index (χ0v) is 15.8. The van der Waals surface area contributed by atoms with Crippen molar-refractivity contribution in [1.82, 2.24) is 15.0 Å². The molecule has 0 N–H and O–H groups in total. The molecule has 4 nitrogen and oxygen atoms in total. The maximum atomic E-state index is 6.07. The highest BCUT2D eigenvalue weighted by Gasteiger charge is 2.24. The van der Waals surface area contributed by atoms with Crippen LogP contribution in [0.3, 0.4) is 0 Å². The molecule has 0 saturated carbocycles. The van der Waals surface area contributed by atoms with Crippen LogP contribution in [0.4, 0.5) is 0 Å². The molecule has 5 heteroatoms. The number of rotatable bonds is 4. The Balaban J connectivity index is 2.25. The number of fused-ring (bicyclic) bond motifs is 1. The largest absolute Gasteiger partial charge is 0.487 e. The first-order chi connectivity index (χ1) is 11.8. The van der Waals surface area contributed by atoms with E-state index in [1.54, 1.807) is 10.9 Å². The number of aryl methyl sites for hydroxylation is 1. The van der Waals surface area contributed by atoms with E-state index in [1.165, 1.54) is 0 Å². The van der Waals surface area contributed by atoms with Crippen LogP contribution >= 0.6 is 11.6 Å². The van der Waals surface area contributed by atoms with Gasteiger partial charge in [0.15, 0.2) is 5.75 Å². The average molecular weight is 356 g/mol. The maximum Gasteiger partial charge on any atom is 0.151 e. The quantitative estimate of drug-likeness (QED) is 0.600. The molecular formula is C20H22ClN3O. The average Bonchev–Trinajstić information content (AvgIpc) is 2.95. The third-order valence-corrected chi connectivity index (χ3v) is 4.16. The highest BCUT2D eigenvalue weighted by Crippen LogP contribution is 2.37. The Bertz CT molecular complexity index is 938. The van der Waals surface area contributed by atoms with Crippen molar-refractivity contribution in [2.45, 2.75) is 33.1 Å². The molecule has 0 bridgehead atoms. The van der Waals surface area contributed by atoms with Crippen molar-refractivity contribution < 1.29 is 4.74 Å². The normalized spacial score (nSPS) is 11.7. The van der Waals surface area contributed by atoms with Gasteiger partial charge in [0.25, 0.3) is 0 Å². The molecule has 0 radical (unpaired) electrons. The number of ether oxygens (including phenoxy) is 1. The second kappa shape index (κ2) is 6.52. The Labute approximate surface area is 153 Å². The van der Waals surface area contributed by atoms with Crippen molar-refractivity contribution in [3.8, 4) is 11.4 Å². The van der Waals surface area contributed by atoms with Crippen LogP contribution in [0.15, 0.2) is 43.0 Å². The van der Waals surface area contributed by atoms with E-state index in [-0.39, 0.29) is 5.41 Å². The summed E-state index contributed by atoms with van der Waals surface area (Å²) in [7, 11) is 0. The van der Waals surface area contributed by atoms with Crippen LogP contribution in [-0.2, 0) is 5.41 Å². The summed E-state index contributed by atoms with van der Waals surface area (Å²) in [6.45, 7) is 12.7. The Hall–Kier alpha value is -2.33. The molecule has 1 aromatic heterocycles. The monoisotopic (exact) mass is 355 g/mol. The lowest BCUT2D eigenvalue weighted by Crippen LogP contribution is -2.16. The fraction of sp³-hybridized carbons (Fsp3) is 0.300. The van der Waals surface area contributed by atoms with Crippen molar-refractivity contribution >= 4 is 22.6 Å². The lowest BCUT2D eigenvalue weighted by Gasteiger charge is -2.25. The van der Waals surface area contributed by atoms with Crippen LogP contribution in [0.1, 0.15) is 31.9 Å². The Morgan fingerprint density at radius 2 is 1.88 bits per heavy atom. The van der Waals surface area contributed by atoms with Gasteiger partial charge in [-0.05, 0) is 42.2 Å². The Morgan fingerprint density at radius 1 is 1.16 bits per heavy atom. The van der Waals surface area contributed by atoms with Crippen LogP contribution in [-0.4, -0.2) is 21.6 Å². The molecule has 25 heavy (non-hydrogen) atoms. The first-order valence-corrected chi connectivity index (χ1v) is 8.59. The molecular weight excluding hydrogens is 334 g/mol. The molecule has 0 spiro atoms. The van der Waals surface area contributed by atoms with E-state index < -0.39 is 0 Å². The minimum absolute atomic E-state index is 0.0762. The second-order valence-corrected chi connectivity index (χ2v) is 7.57. The second-order valence-electron chi connectivity index (χ2n) is 7.13. The molecule has 0 amide bonds. The summed E-state index contributed by atoms with van der Waals surface area (Å²) in [6.07, 6.45) is 1.74. The van der Waals surface area contributed by atoms with Crippen LogP contribution < -0.4 is 4.74 Å². The predicted molar refractivity (Wildman–Crippen MR) is 103 cm³/mol. The zero-order valence-electron chi connectivity index (χ0n) is 15.0. The molecule has 0 aliphatic carbocycles. The van der Waals surface area contributed by atoms with Gasteiger partial charge in [0.2, 0.25) is 0 Å². The SMILES string of the molecule is C=CCOc1c(-n2nc3ccc(Cl)cc3n2)cc(C)cc1C(C)(C)C. The summed E-state index contributed by atoms with van der Waals surface area (Å²) in [6, 6.07) is 9.68. The Morgan fingerprint density at radius 3 is 2.56 bits per heavy atom. The van der Waals surface area contributed by atoms with Crippen molar-refractivity contribution in [1.29, 1.82) is 0 Å². The molecule has 1 heterocycles. The fourth-order valence-corrected chi connectivity index (χ4v) is 2.92. The first-order valence-electron chi connectivity index (χ1n) is 8.21. The van der Waals surface area contributed by atoms with Gasteiger partial charge < -0.3 is 4.74 Å². The van der Waals surface area contributed by atoms with E-state index in [0.717, 1.165) is 33.6 Å². The lowest BCUT2D eigenvalue weighted by atomic mass is 9.85. The summed E-state index contributed by atoms with van der Waals surface area (Å²) in [4.78, 5) is 1.63. The van der Waals surface area contributed by atoms with Gasteiger partial charge in [-0.15, -0.1) is 15.0 Å². The summed E-state index contributed by atoms with van der Waals surface area (Å²) < 4.78 is 6.03. The van der Waals surface area contributed by atoms with E-state index in [4.69, 9.17) is 16.3 Å². The number of hydrogen-bond donors (Lipinski definition) is 0. The van der Waals surface area contributed by atoms with Gasteiger partial charge >= 0.3 is 0 Å². The van der Waals surface area contributed by atoms with Gasteiger partial charge in [0.1, 0.15) is 23.3 Å². The van der Waals surface area contributed by atoms with Gasteiger partial charge in [-0.2, -0.15) is 0 Å². The van der Waals surface area contributed by atoms with Crippen LogP contribution in [0.2, 0.25) is 5.02 Å². The predicted octanol–water partition coefficient (Wildman–Crippen LogP) is 5.24. The number of benzene rings is 2. The smallest absolute Gasteiger partial charge is 0.151 e. The summed E-state index contributed by atoms with van der Waals surface area (Å²) in [5.74, 6) is 0.782. The molecule has 3 aromatic rings. The van der Waals surface area contributed by atoms with Gasteiger partial charge in [-0.1, -0.05) is 51.1 Å². The number of halogens is 1. The van der Waals surface area contributed by atoms with Gasteiger partial charge in [-0.3, -0.25) is 0 Å². The Kier molecular flexibility index (Phi) is 4.56. The highest BCUT2D eigenvalue weighted by atomic mass is 35.5. The number of nitrogens with zero attached hydrogens (tertiary/aromatic N) is 3. The van der Waals surface area contributed by atoms with E-state index >= 15 is 0 Å². The van der Waals surface area contributed by atoms with Crippen LogP contribution in [0.5, 0.6) is 5.75 Å². The van der Waals surface area contributed by atoms with E-state index in [9.17, 15) is 0 Å². The maximum absolute atomic E-state index is 6.07. The zero-order chi connectivity index (χ0) is 18.2. The molecule has 0 aliphatic heterocycles. The number of aromatic nitrogens is 3. The standard InChI is InChI=1S/C20H22ClN3O/c1-6-9-25-19-15(20(3,4)5)10-13(2)11-18(19)24-22-16-8-7-14(21)12-17(16)23-24/h6-8,10-12H,1,9H2,2-5H3. The topological polar surface area (TPSA) is 39.9 Å². The molecule has 0 unspecified atom stereocenters. The lowest BCUT2D eigenvalue weighted by molar-refractivity contribution is 0.348. The fourth-order valence-electron chi connectivity index (χ4n) is 2.75. The van der Waals surface area contributed by atoms with E-state index in [0.29, 0.717) is 11.6 Å². The minimum Gasteiger partial charge on any atom is -0.487 e. The number of hydrogen-bond acceptors (Lipinski definition) is 3. The highest BCUT2D eigenvalue weighted by molar-refractivity contribution is 6.31. The summed E-state index contributed by atoms with van der Waals surface area (Å²) in [5, 5.41) is 9.83. The first kappa shape index (κ1) is 17.5. The molecule has 2 aromatic carbocycles. The molecule has 0 saturated heterocycles. The third kappa shape index (κ3) is 3.54. The van der Waals surface area contributed by atoms with E-state index in [2.05, 4.69) is 50.5 Å².